The zero-order valence-electron chi connectivity index (χ0n) is 9.83. The van der Waals surface area contributed by atoms with E-state index in [1.807, 2.05) is 25.1 Å². The lowest BCUT2D eigenvalue weighted by Gasteiger charge is -2.24. The summed E-state index contributed by atoms with van der Waals surface area (Å²) in [6.07, 6.45) is 3.20. The lowest BCUT2D eigenvalue weighted by Crippen LogP contribution is -2.28. The molecule has 92 valence electrons. The molecule has 0 atom stereocenters. The fourth-order valence-corrected chi connectivity index (χ4v) is 2.12. The second-order valence-corrected chi connectivity index (χ2v) is 5.05. The summed E-state index contributed by atoms with van der Waals surface area (Å²) in [7, 11) is 0. The van der Waals surface area contributed by atoms with Crippen molar-refractivity contribution in [1.82, 2.24) is 0 Å². The first-order valence-corrected chi connectivity index (χ1v) is 6.73. The molecule has 0 aromatic heterocycles. The molecule has 0 spiro atoms. The van der Waals surface area contributed by atoms with Crippen LogP contribution in [0.3, 0.4) is 0 Å². The predicted octanol–water partition coefficient (Wildman–Crippen LogP) is 3.59. The van der Waals surface area contributed by atoms with Crippen LogP contribution in [0, 0.1) is 5.92 Å². The number of anilines is 1. The number of amides is 1. The molecule has 1 aromatic carbocycles. The van der Waals surface area contributed by atoms with Crippen molar-refractivity contribution in [3.63, 3.8) is 0 Å². The van der Waals surface area contributed by atoms with E-state index in [9.17, 15) is 4.79 Å². The normalized spacial score (nSPS) is 15.2. The molecule has 1 aliphatic carbocycles. The SMILES string of the molecule is CCOc1cc(NC(=O)C2CCC2)ccc1Br. The lowest BCUT2D eigenvalue weighted by molar-refractivity contribution is -0.122. The van der Waals surface area contributed by atoms with Crippen molar-refractivity contribution in [3.05, 3.63) is 22.7 Å². The molecule has 1 saturated carbocycles. The van der Waals surface area contributed by atoms with Gasteiger partial charge in [-0.25, -0.2) is 0 Å². The molecule has 0 aliphatic heterocycles. The highest BCUT2D eigenvalue weighted by atomic mass is 79.9. The Labute approximate surface area is 110 Å². The van der Waals surface area contributed by atoms with Crippen LogP contribution in [0.4, 0.5) is 5.69 Å². The van der Waals surface area contributed by atoms with E-state index in [1.54, 1.807) is 0 Å². The van der Waals surface area contributed by atoms with E-state index in [2.05, 4.69) is 21.2 Å². The van der Waals surface area contributed by atoms with Gasteiger partial charge < -0.3 is 10.1 Å². The number of carbonyl (C=O) groups is 1. The van der Waals surface area contributed by atoms with Gasteiger partial charge in [-0.15, -0.1) is 0 Å². The molecule has 0 heterocycles. The van der Waals surface area contributed by atoms with E-state index < -0.39 is 0 Å². The van der Waals surface area contributed by atoms with Crippen LogP contribution < -0.4 is 10.1 Å². The maximum absolute atomic E-state index is 11.8. The molecular formula is C13H16BrNO2. The Morgan fingerprint density at radius 1 is 1.53 bits per heavy atom. The number of hydrogen-bond acceptors (Lipinski definition) is 2. The van der Waals surface area contributed by atoms with Gasteiger partial charge in [0.05, 0.1) is 11.1 Å². The first-order valence-electron chi connectivity index (χ1n) is 5.94. The summed E-state index contributed by atoms with van der Waals surface area (Å²) in [4.78, 5) is 11.8. The third-order valence-corrected chi connectivity index (χ3v) is 3.63. The zero-order valence-corrected chi connectivity index (χ0v) is 11.4. The van der Waals surface area contributed by atoms with Crippen molar-refractivity contribution in [2.24, 2.45) is 5.92 Å². The summed E-state index contributed by atoms with van der Waals surface area (Å²) in [5, 5.41) is 2.93. The van der Waals surface area contributed by atoms with Crippen molar-refractivity contribution in [1.29, 1.82) is 0 Å². The molecule has 1 amide bonds. The van der Waals surface area contributed by atoms with Crippen LogP contribution in [0.25, 0.3) is 0 Å². The Morgan fingerprint density at radius 2 is 2.29 bits per heavy atom. The maximum Gasteiger partial charge on any atom is 0.227 e. The molecule has 1 aliphatic rings. The van der Waals surface area contributed by atoms with Gasteiger partial charge in [0.2, 0.25) is 5.91 Å². The molecule has 0 radical (unpaired) electrons. The van der Waals surface area contributed by atoms with Crippen LogP contribution in [-0.4, -0.2) is 12.5 Å². The van der Waals surface area contributed by atoms with Crippen LogP contribution in [0.5, 0.6) is 5.75 Å². The lowest BCUT2D eigenvalue weighted by atomic mass is 9.85. The maximum atomic E-state index is 11.8. The second kappa shape index (κ2) is 5.54. The highest BCUT2D eigenvalue weighted by molar-refractivity contribution is 9.10. The molecule has 4 heteroatoms. The monoisotopic (exact) mass is 297 g/mol. The van der Waals surface area contributed by atoms with Crippen LogP contribution in [0.15, 0.2) is 22.7 Å². The standard InChI is InChI=1S/C13H16BrNO2/c1-2-17-12-8-10(6-7-11(12)14)15-13(16)9-4-3-5-9/h6-9H,2-5H2,1H3,(H,15,16). The predicted molar refractivity (Wildman–Crippen MR) is 71.3 cm³/mol. The average molecular weight is 298 g/mol. The minimum Gasteiger partial charge on any atom is -0.493 e. The Hall–Kier alpha value is -1.03. The van der Waals surface area contributed by atoms with E-state index in [0.717, 1.165) is 28.8 Å². The van der Waals surface area contributed by atoms with Gasteiger partial charge in [-0.1, -0.05) is 6.42 Å². The third kappa shape index (κ3) is 3.00. The van der Waals surface area contributed by atoms with Crippen molar-refractivity contribution >= 4 is 27.5 Å². The minimum absolute atomic E-state index is 0.126. The number of rotatable bonds is 4. The highest BCUT2D eigenvalue weighted by Crippen LogP contribution is 2.30. The topological polar surface area (TPSA) is 38.3 Å². The summed E-state index contributed by atoms with van der Waals surface area (Å²) < 4.78 is 6.37. The number of benzene rings is 1. The summed E-state index contributed by atoms with van der Waals surface area (Å²) in [5.41, 5.74) is 0.800. The molecule has 2 rings (SSSR count). The first kappa shape index (κ1) is 12.4. The van der Waals surface area contributed by atoms with Crippen molar-refractivity contribution in [3.8, 4) is 5.75 Å². The minimum atomic E-state index is 0.126. The molecule has 0 saturated heterocycles. The smallest absolute Gasteiger partial charge is 0.227 e. The molecule has 3 nitrogen and oxygen atoms in total. The number of ether oxygens (including phenoxy) is 1. The summed E-state index contributed by atoms with van der Waals surface area (Å²) in [6.45, 7) is 2.55. The van der Waals surface area contributed by atoms with Gasteiger partial charge in [0, 0.05) is 17.7 Å². The van der Waals surface area contributed by atoms with E-state index >= 15 is 0 Å². The summed E-state index contributed by atoms with van der Waals surface area (Å²) in [5.74, 6) is 1.09. The molecule has 1 aromatic rings. The van der Waals surface area contributed by atoms with Gasteiger partial charge in [-0.2, -0.15) is 0 Å². The van der Waals surface area contributed by atoms with E-state index in [0.29, 0.717) is 6.61 Å². The van der Waals surface area contributed by atoms with Crippen LogP contribution in [0.1, 0.15) is 26.2 Å². The molecule has 17 heavy (non-hydrogen) atoms. The highest BCUT2D eigenvalue weighted by Gasteiger charge is 2.25. The zero-order chi connectivity index (χ0) is 12.3. The number of carbonyl (C=O) groups excluding carboxylic acids is 1. The van der Waals surface area contributed by atoms with Crippen LogP contribution in [-0.2, 0) is 4.79 Å². The van der Waals surface area contributed by atoms with E-state index in [1.165, 1.54) is 6.42 Å². The van der Waals surface area contributed by atoms with Gasteiger partial charge in [-0.3, -0.25) is 4.79 Å². The van der Waals surface area contributed by atoms with Gasteiger partial charge >= 0.3 is 0 Å². The second-order valence-electron chi connectivity index (χ2n) is 4.20. The average Bonchev–Trinajstić information content (AvgIpc) is 2.20. The van der Waals surface area contributed by atoms with Gasteiger partial charge in [0.15, 0.2) is 0 Å². The van der Waals surface area contributed by atoms with E-state index in [-0.39, 0.29) is 11.8 Å². The summed E-state index contributed by atoms with van der Waals surface area (Å²) >= 11 is 3.41. The Kier molecular flexibility index (Phi) is 4.05. The van der Waals surface area contributed by atoms with Crippen molar-refractivity contribution in [2.45, 2.75) is 26.2 Å². The number of nitrogens with one attached hydrogen (secondary N) is 1. The fourth-order valence-electron chi connectivity index (χ4n) is 1.76. The van der Waals surface area contributed by atoms with Gasteiger partial charge in [0.25, 0.3) is 0 Å². The molecule has 0 unspecified atom stereocenters. The molecular weight excluding hydrogens is 282 g/mol. The number of hydrogen-bond donors (Lipinski definition) is 1. The van der Waals surface area contributed by atoms with Gasteiger partial charge in [0.1, 0.15) is 5.75 Å². The fraction of sp³-hybridized carbons (Fsp3) is 0.462. The van der Waals surface area contributed by atoms with Crippen molar-refractivity contribution in [2.75, 3.05) is 11.9 Å². The molecule has 0 bridgehead atoms. The molecule has 1 N–H and O–H groups in total. The van der Waals surface area contributed by atoms with Crippen LogP contribution in [0.2, 0.25) is 0 Å². The first-order chi connectivity index (χ1) is 8.20. The molecule has 1 fully saturated rings. The Balaban J connectivity index is 2.04. The third-order valence-electron chi connectivity index (χ3n) is 2.97. The van der Waals surface area contributed by atoms with Gasteiger partial charge in [-0.05, 0) is 47.8 Å². The van der Waals surface area contributed by atoms with E-state index in [4.69, 9.17) is 4.74 Å². The Bertz CT molecular complexity index is 416. The van der Waals surface area contributed by atoms with Crippen molar-refractivity contribution < 1.29 is 9.53 Å². The largest absolute Gasteiger partial charge is 0.493 e. The number of halogens is 1. The van der Waals surface area contributed by atoms with Crippen LogP contribution >= 0.6 is 15.9 Å². The Morgan fingerprint density at radius 3 is 2.88 bits per heavy atom. The quantitative estimate of drug-likeness (QED) is 0.922. The summed E-state index contributed by atoms with van der Waals surface area (Å²) in [6, 6.07) is 5.62.